The molecule has 0 unspecified atom stereocenters. The van der Waals surface area contributed by atoms with Crippen LogP contribution in [0.25, 0.3) is 22.9 Å². The molecule has 4 nitrogen and oxygen atoms in total. The van der Waals surface area contributed by atoms with Crippen molar-refractivity contribution in [2.75, 3.05) is 0 Å². The molecule has 1 aromatic heterocycles. The molecule has 4 rings (SSSR count). The molecule has 0 saturated carbocycles. The topological polar surface area (TPSA) is 44.1 Å². The van der Waals surface area contributed by atoms with Crippen LogP contribution in [0, 0.1) is 17.6 Å². The number of para-hydroxylation sites is 2. The van der Waals surface area contributed by atoms with Gasteiger partial charge in [-0.25, -0.2) is 18.6 Å². The molecule has 32 heavy (non-hydrogen) atoms. The number of rotatable bonds is 6. The fraction of sp³-hybridized carbons (Fsp3) is 0.154. The zero-order chi connectivity index (χ0) is 22.7. The molecule has 0 saturated heterocycles. The summed E-state index contributed by atoms with van der Waals surface area (Å²) in [5.74, 6) is -0.295. The van der Waals surface area contributed by atoms with Gasteiger partial charge in [0.25, 0.3) is 0 Å². The van der Waals surface area contributed by atoms with Crippen LogP contribution < -0.4 is 0 Å². The maximum absolute atomic E-state index is 13.5. The minimum atomic E-state index is -0.646. The van der Waals surface area contributed by atoms with Gasteiger partial charge in [-0.2, -0.15) is 0 Å². The fourth-order valence-electron chi connectivity index (χ4n) is 3.41. The molecule has 0 amide bonds. The van der Waals surface area contributed by atoms with Gasteiger partial charge in [0.1, 0.15) is 23.2 Å². The second-order valence-corrected chi connectivity index (χ2v) is 7.88. The lowest BCUT2D eigenvalue weighted by atomic mass is 10.1. The average molecular weight is 432 g/mol. The first-order valence-electron chi connectivity index (χ1n) is 10.3. The van der Waals surface area contributed by atoms with Gasteiger partial charge >= 0.3 is 5.97 Å². The Hall–Kier alpha value is -3.80. The molecule has 162 valence electrons. The third-order valence-corrected chi connectivity index (χ3v) is 4.90. The number of nitrogens with zero attached hydrogens (tertiary/aromatic N) is 2. The first kappa shape index (κ1) is 21.4. The van der Waals surface area contributed by atoms with E-state index in [4.69, 9.17) is 9.72 Å². The molecule has 3 aromatic carbocycles. The zero-order valence-electron chi connectivity index (χ0n) is 17.8. The van der Waals surface area contributed by atoms with Crippen molar-refractivity contribution >= 4 is 28.8 Å². The summed E-state index contributed by atoms with van der Waals surface area (Å²) in [6.45, 7) is 4.93. The molecule has 6 heteroatoms. The van der Waals surface area contributed by atoms with Crippen molar-refractivity contribution in [2.45, 2.75) is 20.4 Å². The lowest BCUT2D eigenvalue weighted by Crippen LogP contribution is -2.08. The third-order valence-electron chi connectivity index (χ3n) is 4.90. The summed E-state index contributed by atoms with van der Waals surface area (Å²) in [7, 11) is 0. The number of imidazole rings is 1. The van der Waals surface area contributed by atoms with E-state index in [-0.39, 0.29) is 11.3 Å². The second-order valence-electron chi connectivity index (χ2n) is 7.88. The van der Waals surface area contributed by atoms with Gasteiger partial charge < -0.3 is 9.30 Å². The number of aromatic nitrogens is 2. The summed E-state index contributed by atoms with van der Waals surface area (Å²) < 4.78 is 34.5. The lowest BCUT2D eigenvalue weighted by Gasteiger charge is -2.12. The summed E-state index contributed by atoms with van der Waals surface area (Å²) in [4.78, 5) is 17.5. The van der Waals surface area contributed by atoms with Crippen molar-refractivity contribution in [2.24, 2.45) is 5.92 Å². The summed E-state index contributed by atoms with van der Waals surface area (Å²) in [5, 5.41) is 0. The van der Waals surface area contributed by atoms with Crippen molar-refractivity contribution in [1.82, 2.24) is 9.55 Å². The first-order chi connectivity index (χ1) is 15.4. The number of hydrogen-bond acceptors (Lipinski definition) is 3. The SMILES string of the molecule is CC(C)Cn1c(C=C(OC(=O)c2ccc(F)cc2)c2ccc(F)cc2)nc2ccccc21. The highest BCUT2D eigenvalue weighted by Gasteiger charge is 2.16. The number of benzene rings is 3. The first-order valence-corrected chi connectivity index (χ1v) is 10.3. The van der Waals surface area contributed by atoms with Crippen molar-refractivity contribution in [3.63, 3.8) is 0 Å². The molecule has 0 aliphatic heterocycles. The molecule has 0 radical (unpaired) electrons. The molecule has 0 bridgehead atoms. The summed E-state index contributed by atoms with van der Waals surface area (Å²) in [6, 6.07) is 18.5. The van der Waals surface area contributed by atoms with Crippen molar-refractivity contribution in [1.29, 1.82) is 0 Å². The third kappa shape index (κ3) is 4.75. The number of esters is 1. The highest BCUT2D eigenvalue weighted by Crippen LogP contribution is 2.25. The number of fused-ring (bicyclic) bond motifs is 1. The minimum absolute atomic E-state index is 0.204. The maximum atomic E-state index is 13.5. The van der Waals surface area contributed by atoms with Crippen LogP contribution in [0.1, 0.15) is 35.6 Å². The Kier molecular flexibility index (Phi) is 6.12. The van der Waals surface area contributed by atoms with E-state index < -0.39 is 17.6 Å². The number of carbonyl (C=O) groups excluding carboxylic acids is 1. The molecule has 0 aliphatic rings. The largest absolute Gasteiger partial charge is 0.422 e. The van der Waals surface area contributed by atoms with E-state index in [1.807, 2.05) is 24.3 Å². The summed E-state index contributed by atoms with van der Waals surface area (Å²) in [5.41, 5.74) is 2.51. The lowest BCUT2D eigenvalue weighted by molar-refractivity contribution is 0.0693. The minimum Gasteiger partial charge on any atom is -0.422 e. The van der Waals surface area contributed by atoms with Crippen LogP contribution in [-0.4, -0.2) is 15.5 Å². The van der Waals surface area contributed by atoms with E-state index >= 15 is 0 Å². The van der Waals surface area contributed by atoms with Crippen molar-refractivity contribution in [3.05, 3.63) is 101 Å². The number of carbonyl (C=O) groups is 1. The Balaban J connectivity index is 1.80. The summed E-state index contributed by atoms with van der Waals surface area (Å²) in [6.07, 6.45) is 1.68. The van der Waals surface area contributed by atoms with E-state index in [2.05, 4.69) is 18.4 Å². The van der Waals surface area contributed by atoms with Crippen molar-refractivity contribution in [3.8, 4) is 0 Å². The van der Waals surface area contributed by atoms with Crippen LogP contribution in [0.3, 0.4) is 0 Å². The van der Waals surface area contributed by atoms with Crippen LogP contribution in [0.5, 0.6) is 0 Å². The van der Waals surface area contributed by atoms with E-state index in [1.54, 1.807) is 6.08 Å². The molecule has 0 aliphatic carbocycles. The smallest absolute Gasteiger partial charge is 0.343 e. The maximum Gasteiger partial charge on any atom is 0.343 e. The van der Waals surface area contributed by atoms with E-state index in [0.29, 0.717) is 17.3 Å². The fourth-order valence-corrected chi connectivity index (χ4v) is 3.41. The molecule has 0 atom stereocenters. The molecule has 0 fully saturated rings. The molecule has 1 heterocycles. The Labute approximate surface area is 184 Å². The van der Waals surface area contributed by atoms with Gasteiger partial charge in [-0.05, 0) is 66.6 Å². The van der Waals surface area contributed by atoms with Crippen molar-refractivity contribution < 1.29 is 18.3 Å². The van der Waals surface area contributed by atoms with Gasteiger partial charge in [0.15, 0.2) is 0 Å². The Bertz CT molecular complexity index is 1270. The van der Waals surface area contributed by atoms with Gasteiger partial charge in [0, 0.05) is 18.2 Å². The molecular weight excluding hydrogens is 410 g/mol. The normalized spacial score (nSPS) is 11.8. The standard InChI is InChI=1S/C26H22F2N2O2/c1-17(2)16-30-23-6-4-3-5-22(23)29-25(30)15-24(18-7-11-20(27)12-8-18)32-26(31)19-9-13-21(28)14-10-19/h3-15,17H,16H2,1-2H3. The van der Waals surface area contributed by atoms with Gasteiger partial charge in [-0.1, -0.05) is 26.0 Å². The molecule has 0 spiro atoms. The van der Waals surface area contributed by atoms with Crippen LogP contribution in [0.4, 0.5) is 8.78 Å². The van der Waals surface area contributed by atoms with Gasteiger partial charge in [-0.15, -0.1) is 0 Å². The van der Waals surface area contributed by atoms with Crippen LogP contribution >= 0.6 is 0 Å². The van der Waals surface area contributed by atoms with E-state index in [0.717, 1.165) is 17.6 Å². The Morgan fingerprint density at radius 2 is 1.53 bits per heavy atom. The van der Waals surface area contributed by atoms with E-state index in [1.165, 1.54) is 48.5 Å². The number of ether oxygens (including phenoxy) is 1. The second kappa shape index (κ2) is 9.14. The predicted octanol–water partition coefficient (Wildman–Crippen LogP) is 6.33. The van der Waals surface area contributed by atoms with Crippen LogP contribution in [-0.2, 0) is 11.3 Å². The van der Waals surface area contributed by atoms with Gasteiger partial charge in [-0.3, -0.25) is 0 Å². The predicted molar refractivity (Wildman–Crippen MR) is 121 cm³/mol. The molecule has 0 N–H and O–H groups in total. The van der Waals surface area contributed by atoms with Crippen LogP contribution in [0.2, 0.25) is 0 Å². The Morgan fingerprint density at radius 1 is 0.938 bits per heavy atom. The van der Waals surface area contributed by atoms with Gasteiger partial charge in [0.05, 0.1) is 16.6 Å². The molecule has 4 aromatic rings. The zero-order valence-corrected chi connectivity index (χ0v) is 17.8. The van der Waals surface area contributed by atoms with E-state index in [9.17, 15) is 13.6 Å². The number of hydrogen-bond donors (Lipinski definition) is 0. The quantitative estimate of drug-likeness (QED) is 0.264. The average Bonchev–Trinajstić information content (AvgIpc) is 3.11. The Morgan fingerprint density at radius 3 is 2.16 bits per heavy atom. The number of halogens is 2. The molecular formula is C26H22F2N2O2. The monoisotopic (exact) mass is 432 g/mol. The van der Waals surface area contributed by atoms with Gasteiger partial charge in [0.2, 0.25) is 0 Å². The summed E-state index contributed by atoms with van der Waals surface area (Å²) >= 11 is 0. The highest BCUT2D eigenvalue weighted by atomic mass is 19.1. The highest BCUT2D eigenvalue weighted by molar-refractivity contribution is 5.95. The van der Waals surface area contributed by atoms with Crippen LogP contribution in [0.15, 0.2) is 72.8 Å².